The number of nitrogens with zero attached hydrogens (tertiary/aromatic N) is 1. The lowest BCUT2D eigenvalue weighted by molar-refractivity contribution is -0.134. The maximum atomic E-state index is 11.4. The van der Waals surface area contributed by atoms with E-state index in [1.807, 2.05) is 18.2 Å². The zero-order valence-electron chi connectivity index (χ0n) is 8.35. The van der Waals surface area contributed by atoms with Crippen LogP contribution in [0.25, 0.3) is 0 Å². The molecule has 0 aromatic heterocycles. The molecule has 0 aliphatic carbocycles. The fourth-order valence-corrected chi connectivity index (χ4v) is 2.20. The molecular weight excluding hydrogens is 214 g/mol. The van der Waals surface area contributed by atoms with Gasteiger partial charge in [-0.3, -0.25) is 4.79 Å². The lowest BCUT2D eigenvalue weighted by Crippen LogP contribution is -2.26. The van der Waals surface area contributed by atoms with Gasteiger partial charge in [0.15, 0.2) is 0 Å². The van der Waals surface area contributed by atoms with E-state index in [-0.39, 0.29) is 11.9 Å². The summed E-state index contributed by atoms with van der Waals surface area (Å²) in [4.78, 5) is 13.0. The number of amides is 1. The van der Waals surface area contributed by atoms with Crippen LogP contribution in [0.5, 0.6) is 0 Å². The molecule has 1 fully saturated rings. The first-order valence-corrected chi connectivity index (χ1v) is 5.18. The van der Waals surface area contributed by atoms with Crippen LogP contribution in [0.3, 0.4) is 0 Å². The van der Waals surface area contributed by atoms with E-state index in [0.717, 1.165) is 5.56 Å². The van der Waals surface area contributed by atoms with Crippen LogP contribution >= 0.6 is 11.6 Å². The van der Waals surface area contributed by atoms with Crippen LogP contribution in [-0.2, 0) is 4.79 Å². The number of halogens is 1. The minimum atomic E-state index is -0.892. The van der Waals surface area contributed by atoms with Crippen molar-refractivity contribution in [3.8, 4) is 0 Å². The smallest absolute Gasteiger partial charge is 0.251 e. The number of hydrogen-bond donors (Lipinski definition) is 1. The molecule has 0 bridgehead atoms. The third kappa shape index (κ3) is 1.73. The van der Waals surface area contributed by atoms with Crippen molar-refractivity contribution in [1.29, 1.82) is 0 Å². The highest BCUT2D eigenvalue weighted by molar-refractivity contribution is 6.31. The first-order valence-electron chi connectivity index (χ1n) is 4.80. The van der Waals surface area contributed by atoms with Crippen LogP contribution in [0, 0.1) is 0 Å². The van der Waals surface area contributed by atoms with Crippen molar-refractivity contribution >= 4 is 17.5 Å². The molecule has 0 radical (unpaired) electrons. The maximum Gasteiger partial charge on any atom is 0.251 e. The van der Waals surface area contributed by atoms with Crippen molar-refractivity contribution in [3.63, 3.8) is 0 Å². The van der Waals surface area contributed by atoms with Gasteiger partial charge in [0.05, 0.1) is 6.04 Å². The van der Waals surface area contributed by atoms with Crippen LogP contribution in [-0.4, -0.2) is 29.1 Å². The third-order valence-corrected chi connectivity index (χ3v) is 3.16. The Balaban J connectivity index is 2.34. The molecule has 2 rings (SSSR count). The Morgan fingerprint density at radius 3 is 2.67 bits per heavy atom. The Morgan fingerprint density at radius 2 is 2.13 bits per heavy atom. The highest BCUT2D eigenvalue weighted by Gasteiger charge is 2.37. The number of carbonyl (C=O) groups excluding carboxylic acids is 1. The summed E-state index contributed by atoms with van der Waals surface area (Å²) in [6.07, 6.45) is -0.477. The molecule has 0 spiro atoms. The van der Waals surface area contributed by atoms with E-state index in [1.54, 1.807) is 18.0 Å². The average Bonchev–Trinajstić information content (AvgIpc) is 2.47. The van der Waals surface area contributed by atoms with Crippen LogP contribution in [0.15, 0.2) is 24.3 Å². The van der Waals surface area contributed by atoms with Gasteiger partial charge in [-0.2, -0.15) is 0 Å². The first-order chi connectivity index (χ1) is 7.11. The first kappa shape index (κ1) is 10.5. The molecule has 1 heterocycles. The summed E-state index contributed by atoms with van der Waals surface area (Å²) in [5.74, 6) is -0.236. The van der Waals surface area contributed by atoms with E-state index in [9.17, 15) is 9.90 Å². The van der Waals surface area contributed by atoms with Crippen molar-refractivity contribution in [1.82, 2.24) is 4.90 Å². The minimum absolute atomic E-state index is 0.110. The average molecular weight is 226 g/mol. The van der Waals surface area contributed by atoms with E-state index in [2.05, 4.69) is 0 Å². The zero-order chi connectivity index (χ0) is 11.0. The van der Waals surface area contributed by atoms with E-state index < -0.39 is 6.10 Å². The fourth-order valence-electron chi connectivity index (χ4n) is 1.94. The maximum absolute atomic E-state index is 11.4. The lowest BCUT2D eigenvalue weighted by atomic mass is 10.0. The number of aliphatic hydroxyl groups excluding tert-OH is 1. The van der Waals surface area contributed by atoms with Crippen LogP contribution in [0.1, 0.15) is 18.0 Å². The molecule has 1 N–H and O–H groups in total. The summed E-state index contributed by atoms with van der Waals surface area (Å²) in [7, 11) is 1.69. The summed E-state index contributed by atoms with van der Waals surface area (Å²) in [5, 5.41) is 10.1. The highest BCUT2D eigenvalue weighted by Crippen LogP contribution is 2.35. The van der Waals surface area contributed by atoms with Crippen molar-refractivity contribution in [2.24, 2.45) is 0 Å². The van der Waals surface area contributed by atoms with Gasteiger partial charge >= 0.3 is 0 Å². The van der Waals surface area contributed by atoms with Gasteiger partial charge in [-0.05, 0) is 11.6 Å². The fraction of sp³-hybridized carbons (Fsp3) is 0.364. The highest BCUT2D eigenvalue weighted by atomic mass is 35.5. The molecule has 80 valence electrons. The normalized spacial score (nSPS) is 26.1. The summed E-state index contributed by atoms with van der Waals surface area (Å²) < 4.78 is 0. The molecule has 1 aliphatic rings. The number of aliphatic hydroxyl groups is 1. The number of likely N-dealkylation sites (N-methyl/N-ethyl adjacent to an activating group) is 1. The lowest BCUT2D eigenvalue weighted by Gasteiger charge is -2.20. The van der Waals surface area contributed by atoms with Gasteiger partial charge in [-0.1, -0.05) is 29.8 Å². The van der Waals surface area contributed by atoms with E-state index in [1.165, 1.54) is 0 Å². The monoisotopic (exact) mass is 225 g/mol. The predicted octanol–water partition coefficient (Wildman–Crippen LogP) is 1.60. The SMILES string of the molecule is CN1C(=O)[C@@H](O)C[C@@H]1c1ccccc1Cl. The Bertz CT molecular complexity index is 394. The second kappa shape index (κ2) is 3.83. The quantitative estimate of drug-likeness (QED) is 0.789. The molecule has 1 aliphatic heterocycles. The largest absolute Gasteiger partial charge is 0.383 e. The molecule has 0 unspecified atom stereocenters. The molecule has 0 saturated carbocycles. The van der Waals surface area contributed by atoms with E-state index in [4.69, 9.17) is 11.6 Å². The van der Waals surface area contributed by atoms with Crippen LogP contribution < -0.4 is 0 Å². The van der Waals surface area contributed by atoms with Gasteiger partial charge in [0.2, 0.25) is 0 Å². The molecule has 1 aromatic rings. The summed E-state index contributed by atoms with van der Waals surface area (Å²) in [6.45, 7) is 0. The second-order valence-electron chi connectivity index (χ2n) is 3.74. The summed E-state index contributed by atoms with van der Waals surface area (Å²) in [5.41, 5.74) is 0.895. The zero-order valence-corrected chi connectivity index (χ0v) is 9.11. The van der Waals surface area contributed by atoms with Gasteiger partial charge < -0.3 is 10.0 Å². The van der Waals surface area contributed by atoms with E-state index in [0.29, 0.717) is 11.4 Å². The Hall–Kier alpha value is -1.06. The van der Waals surface area contributed by atoms with Crippen molar-refractivity contribution in [3.05, 3.63) is 34.9 Å². The number of hydrogen-bond acceptors (Lipinski definition) is 2. The Morgan fingerprint density at radius 1 is 1.47 bits per heavy atom. The molecular formula is C11H12ClNO2. The Labute approximate surface area is 93.3 Å². The van der Waals surface area contributed by atoms with Crippen LogP contribution in [0.4, 0.5) is 0 Å². The predicted molar refractivity (Wildman–Crippen MR) is 57.6 cm³/mol. The van der Waals surface area contributed by atoms with Gasteiger partial charge in [0.1, 0.15) is 6.10 Å². The van der Waals surface area contributed by atoms with Crippen molar-refractivity contribution in [2.45, 2.75) is 18.6 Å². The van der Waals surface area contributed by atoms with Crippen LogP contribution in [0.2, 0.25) is 5.02 Å². The molecule has 1 saturated heterocycles. The minimum Gasteiger partial charge on any atom is -0.383 e. The van der Waals surface area contributed by atoms with Crippen molar-refractivity contribution < 1.29 is 9.90 Å². The number of benzene rings is 1. The van der Waals surface area contributed by atoms with Gasteiger partial charge in [0, 0.05) is 18.5 Å². The summed E-state index contributed by atoms with van der Waals surface area (Å²) >= 11 is 6.05. The van der Waals surface area contributed by atoms with Crippen molar-refractivity contribution in [2.75, 3.05) is 7.05 Å². The number of likely N-dealkylation sites (tertiary alicyclic amines) is 1. The molecule has 1 aromatic carbocycles. The molecule has 2 atom stereocenters. The Kier molecular flexibility index (Phi) is 2.67. The molecule has 3 nitrogen and oxygen atoms in total. The van der Waals surface area contributed by atoms with Gasteiger partial charge in [-0.25, -0.2) is 0 Å². The molecule has 15 heavy (non-hydrogen) atoms. The van der Waals surface area contributed by atoms with Gasteiger partial charge in [0.25, 0.3) is 5.91 Å². The standard InChI is InChI=1S/C11H12ClNO2/c1-13-9(6-10(14)11(13)15)7-4-2-3-5-8(7)12/h2-5,9-10,14H,6H2,1H3/t9-,10+/m1/s1. The topological polar surface area (TPSA) is 40.5 Å². The molecule has 1 amide bonds. The summed E-state index contributed by atoms with van der Waals surface area (Å²) in [6, 6.07) is 7.29. The van der Waals surface area contributed by atoms with E-state index >= 15 is 0 Å². The third-order valence-electron chi connectivity index (χ3n) is 2.81. The molecule has 4 heteroatoms. The van der Waals surface area contributed by atoms with Gasteiger partial charge in [-0.15, -0.1) is 0 Å². The second-order valence-corrected chi connectivity index (χ2v) is 4.15. The number of carbonyl (C=O) groups is 1. The number of rotatable bonds is 1.